The molecule has 0 bridgehead atoms. The van der Waals surface area contributed by atoms with E-state index < -0.39 is 11.7 Å². The van der Waals surface area contributed by atoms with E-state index in [1.807, 2.05) is 0 Å². The molecule has 66 valence electrons. The lowest BCUT2D eigenvalue weighted by molar-refractivity contribution is -0.155. The zero-order chi connectivity index (χ0) is 9.19. The molecule has 0 spiro atoms. The van der Waals surface area contributed by atoms with Gasteiger partial charge in [0.2, 0.25) is 0 Å². The lowest BCUT2D eigenvalue weighted by Gasteiger charge is -2.25. The van der Waals surface area contributed by atoms with E-state index in [1.54, 1.807) is 0 Å². The number of ether oxygens (including phenoxy) is 1. The van der Waals surface area contributed by atoms with E-state index >= 15 is 0 Å². The van der Waals surface area contributed by atoms with E-state index in [2.05, 4.69) is 0 Å². The van der Waals surface area contributed by atoms with Gasteiger partial charge in [-0.15, -0.1) is 0 Å². The van der Waals surface area contributed by atoms with Crippen molar-refractivity contribution >= 4 is 6.29 Å². The Labute approximate surface area is 69.8 Å². The highest BCUT2D eigenvalue weighted by Gasteiger charge is 2.32. The first-order valence-electron chi connectivity index (χ1n) is 3.45. The Morgan fingerprint density at radius 1 is 1.67 bits per heavy atom. The van der Waals surface area contributed by atoms with Crippen LogP contribution in [0.3, 0.4) is 0 Å². The first-order chi connectivity index (χ1) is 5.60. The van der Waals surface area contributed by atoms with E-state index in [1.165, 1.54) is 19.3 Å². The number of allylic oxidation sites excluding steroid dienone is 1. The SMILES string of the molecule is COC1=CC(C=O)C(O)(O)C=C1. The summed E-state index contributed by atoms with van der Waals surface area (Å²) in [5, 5.41) is 18.4. The van der Waals surface area contributed by atoms with Crippen LogP contribution < -0.4 is 0 Å². The maximum atomic E-state index is 10.4. The summed E-state index contributed by atoms with van der Waals surface area (Å²) >= 11 is 0. The van der Waals surface area contributed by atoms with Crippen LogP contribution in [0.1, 0.15) is 0 Å². The van der Waals surface area contributed by atoms with Crippen LogP contribution in [0.5, 0.6) is 0 Å². The van der Waals surface area contributed by atoms with Gasteiger partial charge in [-0.2, -0.15) is 0 Å². The van der Waals surface area contributed by atoms with Gasteiger partial charge >= 0.3 is 0 Å². The summed E-state index contributed by atoms with van der Waals surface area (Å²) in [5.41, 5.74) is 0. The highest BCUT2D eigenvalue weighted by atomic mass is 16.5. The van der Waals surface area contributed by atoms with Crippen LogP contribution in [0.25, 0.3) is 0 Å². The molecule has 2 N–H and O–H groups in total. The van der Waals surface area contributed by atoms with Crippen molar-refractivity contribution in [3.8, 4) is 0 Å². The van der Waals surface area contributed by atoms with Crippen molar-refractivity contribution in [3.05, 3.63) is 24.0 Å². The molecule has 1 unspecified atom stereocenters. The summed E-state index contributed by atoms with van der Waals surface area (Å²) in [7, 11) is 1.44. The average molecular weight is 170 g/mol. The number of aldehydes is 1. The summed E-state index contributed by atoms with van der Waals surface area (Å²) < 4.78 is 4.81. The smallest absolute Gasteiger partial charge is 0.196 e. The predicted molar refractivity (Wildman–Crippen MR) is 41.0 cm³/mol. The van der Waals surface area contributed by atoms with Gasteiger partial charge in [0.05, 0.1) is 13.0 Å². The Bertz CT molecular complexity index is 239. The quantitative estimate of drug-likeness (QED) is 0.436. The molecule has 12 heavy (non-hydrogen) atoms. The highest BCUT2D eigenvalue weighted by Crippen LogP contribution is 2.23. The third-order valence-electron chi connectivity index (χ3n) is 1.71. The Hall–Kier alpha value is -1.13. The fraction of sp³-hybridized carbons (Fsp3) is 0.375. The molecule has 1 rings (SSSR count). The van der Waals surface area contributed by atoms with Crippen LogP contribution in [-0.4, -0.2) is 29.4 Å². The van der Waals surface area contributed by atoms with Crippen molar-refractivity contribution in [3.63, 3.8) is 0 Å². The van der Waals surface area contributed by atoms with Gasteiger partial charge in [0.15, 0.2) is 5.79 Å². The Morgan fingerprint density at radius 2 is 2.33 bits per heavy atom. The topological polar surface area (TPSA) is 66.8 Å². The fourth-order valence-corrected chi connectivity index (χ4v) is 0.947. The van der Waals surface area contributed by atoms with E-state index in [9.17, 15) is 15.0 Å². The van der Waals surface area contributed by atoms with Crippen molar-refractivity contribution in [2.75, 3.05) is 7.11 Å². The van der Waals surface area contributed by atoms with E-state index in [-0.39, 0.29) is 0 Å². The largest absolute Gasteiger partial charge is 0.497 e. The third-order valence-corrected chi connectivity index (χ3v) is 1.71. The summed E-state index contributed by atoms with van der Waals surface area (Å²) in [4.78, 5) is 10.4. The molecule has 1 atom stereocenters. The predicted octanol–water partition coefficient (Wildman–Crippen LogP) is -0.417. The molecule has 0 heterocycles. The summed E-state index contributed by atoms with van der Waals surface area (Å²) in [6.45, 7) is 0. The lowest BCUT2D eigenvalue weighted by Crippen LogP contribution is -2.37. The molecule has 0 radical (unpaired) electrons. The number of carbonyl (C=O) groups is 1. The number of carbonyl (C=O) groups excluding carboxylic acids is 1. The Kier molecular flexibility index (Phi) is 2.30. The zero-order valence-corrected chi connectivity index (χ0v) is 6.60. The first kappa shape index (κ1) is 8.96. The monoisotopic (exact) mass is 170 g/mol. The molecule has 0 saturated carbocycles. The van der Waals surface area contributed by atoms with Crippen molar-refractivity contribution in [2.24, 2.45) is 5.92 Å². The number of aliphatic hydroxyl groups is 2. The lowest BCUT2D eigenvalue weighted by atomic mass is 9.95. The minimum absolute atomic E-state index is 0.450. The fourth-order valence-electron chi connectivity index (χ4n) is 0.947. The van der Waals surface area contributed by atoms with Gasteiger partial charge in [-0.1, -0.05) is 0 Å². The second kappa shape index (κ2) is 3.08. The molecule has 0 fully saturated rings. The molecule has 0 saturated heterocycles. The third kappa shape index (κ3) is 1.54. The first-order valence-corrected chi connectivity index (χ1v) is 3.45. The van der Waals surface area contributed by atoms with Gasteiger partial charge < -0.3 is 19.7 Å². The second-order valence-corrected chi connectivity index (χ2v) is 2.55. The molecule has 0 amide bonds. The van der Waals surface area contributed by atoms with Crippen LogP contribution >= 0.6 is 0 Å². The summed E-state index contributed by atoms with van der Waals surface area (Å²) in [6.07, 6.45) is 4.33. The molecule has 0 aromatic rings. The van der Waals surface area contributed by atoms with Crippen molar-refractivity contribution in [2.45, 2.75) is 5.79 Å². The molecule has 4 heteroatoms. The number of methoxy groups -OCH3 is 1. The average Bonchev–Trinajstić information content (AvgIpc) is 2.04. The minimum atomic E-state index is -2.08. The summed E-state index contributed by atoms with van der Waals surface area (Å²) in [6, 6.07) is 0. The van der Waals surface area contributed by atoms with Gasteiger partial charge in [0.1, 0.15) is 12.0 Å². The molecule has 0 aromatic carbocycles. The highest BCUT2D eigenvalue weighted by molar-refractivity contribution is 5.60. The molecule has 0 aliphatic heterocycles. The van der Waals surface area contributed by atoms with Crippen molar-refractivity contribution in [1.82, 2.24) is 0 Å². The minimum Gasteiger partial charge on any atom is -0.497 e. The van der Waals surface area contributed by atoms with E-state index in [0.717, 1.165) is 6.08 Å². The van der Waals surface area contributed by atoms with Crippen molar-refractivity contribution in [1.29, 1.82) is 0 Å². The maximum Gasteiger partial charge on any atom is 0.196 e. The number of hydrogen-bond acceptors (Lipinski definition) is 4. The zero-order valence-electron chi connectivity index (χ0n) is 6.60. The normalized spacial score (nSPS) is 26.2. The van der Waals surface area contributed by atoms with E-state index in [0.29, 0.717) is 12.0 Å². The molecule has 1 aliphatic carbocycles. The molecule has 4 nitrogen and oxygen atoms in total. The van der Waals surface area contributed by atoms with Crippen molar-refractivity contribution < 1.29 is 19.7 Å². The summed E-state index contributed by atoms with van der Waals surface area (Å²) in [5.74, 6) is -2.59. The standard InChI is InChI=1S/C8H10O4/c1-12-7-2-3-8(10,11)6(4-7)5-9/h2-6,10-11H,1H3. The number of hydrogen-bond donors (Lipinski definition) is 2. The second-order valence-electron chi connectivity index (χ2n) is 2.55. The maximum absolute atomic E-state index is 10.4. The van der Waals surface area contributed by atoms with Gasteiger partial charge in [-0.3, -0.25) is 0 Å². The van der Waals surface area contributed by atoms with Gasteiger partial charge in [-0.05, 0) is 18.2 Å². The van der Waals surface area contributed by atoms with E-state index in [4.69, 9.17) is 4.74 Å². The molecule has 0 aromatic heterocycles. The van der Waals surface area contributed by atoms with Gasteiger partial charge in [0.25, 0.3) is 0 Å². The van der Waals surface area contributed by atoms with Crippen LogP contribution in [0.2, 0.25) is 0 Å². The Balaban J connectivity index is 2.89. The Morgan fingerprint density at radius 3 is 2.83 bits per heavy atom. The van der Waals surface area contributed by atoms with Crippen LogP contribution in [0.4, 0.5) is 0 Å². The number of rotatable bonds is 2. The van der Waals surface area contributed by atoms with Gasteiger partial charge in [0, 0.05) is 0 Å². The van der Waals surface area contributed by atoms with Crippen LogP contribution in [0, 0.1) is 5.92 Å². The molecular weight excluding hydrogens is 160 g/mol. The molecular formula is C8H10O4. The van der Waals surface area contributed by atoms with Crippen LogP contribution in [0.15, 0.2) is 24.0 Å². The molecule has 1 aliphatic rings. The van der Waals surface area contributed by atoms with Gasteiger partial charge in [-0.25, -0.2) is 0 Å². The van der Waals surface area contributed by atoms with Crippen LogP contribution in [-0.2, 0) is 9.53 Å².